The molecule has 78 valence electrons. The molecule has 0 heterocycles. The van der Waals surface area contributed by atoms with Gasteiger partial charge in [-0.25, -0.2) is 0 Å². The first-order valence-corrected chi connectivity index (χ1v) is 5.83. The molecular formula is C11H17NOS. The molecule has 1 aromatic rings. The van der Waals surface area contributed by atoms with Gasteiger partial charge in [0.2, 0.25) is 0 Å². The molecule has 3 heteroatoms. The van der Waals surface area contributed by atoms with Gasteiger partial charge in [-0.1, -0.05) is 18.2 Å². The second-order valence-corrected chi connectivity index (χ2v) is 4.30. The quantitative estimate of drug-likeness (QED) is 0.703. The summed E-state index contributed by atoms with van der Waals surface area (Å²) in [6.07, 6.45) is 0. The minimum Gasteiger partial charge on any atom is -0.395 e. The monoisotopic (exact) mass is 211 g/mol. The molecule has 2 nitrogen and oxygen atoms in total. The minimum atomic E-state index is 0.209. The Balaban J connectivity index is 2.20. The highest BCUT2D eigenvalue weighted by atomic mass is 32.2. The highest BCUT2D eigenvalue weighted by Gasteiger charge is 2.00. The van der Waals surface area contributed by atoms with E-state index in [1.807, 2.05) is 30.0 Å². The Morgan fingerprint density at radius 3 is 2.71 bits per heavy atom. The van der Waals surface area contributed by atoms with Crippen molar-refractivity contribution in [3.05, 3.63) is 30.3 Å². The maximum absolute atomic E-state index is 8.63. The highest BCUT2D eigenvalue weighted by Crippen LogP contribution is 2.17. The van der Waals surface area contributed by atoms with Crippen LogP contribution < -0.4 is 5.32 Å². The van der Waals surface area contributed by atoms with E-state index >= 15 is 0 Å². The molecule has 0 saturated heterocycles. The van der Waals surface area contributed by atoms with E-state index in [2.05, 4.69) is 24.4 Å². The van der Waals surface area contributed by atoms with Crippen LogP contribution in [0.15, 0.2) is 35.2 Å². The van der Waals surface area contributed by atoms with Crippen molar-refractivity contribution in [2.75, 3.05) is 18.9 Å². The van der Waals surface area contributed by atoms with E-state index in [1.54, 1.807) is 0 Å². The third-order valence-electron chi connectivity index (χ3n) is 1.85. The van der Waals surface area contributed by atoms with Crippen molar-refractivity contribution >= 4 is 11.8 Å². The lowest BCUT2D eigenvalue weighted by molar-refractivity contribution is 0.288. The van der Waals surface area contributed by atoms with Crippen LogP contribution >= 0.6 is 11.8 Å². The predicted octanol–water partition coefficient (Wildman–Crippen LogP) is 1.75. The summed E-state index contributed by atoms with van der Waals surface area (Å²) in [5.41, 5.74) is 0. The fraction of sp³-hybridized carbons (Fsp3) is 0.455. The second-order valence-electron chi connectivity index (χ2n) is 3.20. The Labute approximate surface area is 89.7 Å². The molecule has 0 spiro atoms. The molecule has 0 aliphatic heterocycles. The Kier molecular flexibility index (Phi) is 5.68. The predicted molar refractivity (Wildman–Crippen MR) is 61.7 cm³/mol. The fourth-order valence-corrected chi connectivity index (χ4v) is 2.02. The van der Waals surface area contributed by atoms with Crippen molar-refractivity contribution < 1.29 is 5.11 Å². The summed E-state index contributed by atoms with van der Waals surface area (Å²) in [6, 6.07) is 10.8. The van der Waals surface area contributed by atoms with Gasteiger partial charge in [-0.3, -0.25) is 0 Å². The zero-order valence-corrected chi connectivity index (χ0v) is 9.26. The van der Waals surface area contributed by atoms with Gasteiger partial charge < -0.3 is 10.4 Å². The topological polar surface area (TPSA) is 32.3 Å². The van der Waals surface area contributed by atoms with Crippen LogP contribution in [0, 0.1) is 0 Å². The van der Waals surface area contributed by atoms with Crippen molar-refractivity contribution in [2.24, 2.45) is 0 Å². The van der Waals surface area contributed by atoms with Gasteiger partial charge in [-0.05, 0) is 19.1 Å². The van der Waals surface area contributed by atoms with E-state index in [0.717, 1.165) is 5.75 Å². The molecule has 0 saturated carbocycles. The summed E-state index contributed by atoms with van der Waals surface area (Å²) >= 11 is 1.83. The number of hydrogen-bond donors (Lipinski definition) is 2. The molecular weight excluding hydrogens is 194 g/mol. The van der Waals surface area contributed by atoms with Crippen LogP contribution in [0.5, 0.6) is 0 Å². The zero-order valence-electron chi connectivity index (χ0n) is 8.44. The highest BCUT2D eigenvalue weighted by molar-refractivity contribution is 7.99. The van der Waals surface area contributed by atoms with E-state index in [1.165, 1.54) is 4.90 Å². The van der Waals surface area contributed by atoms with Crippen molar-refractivity contribution in [3.63, 3.8) is 0 Å². The maximum atomic E-state index is 8.63. The third kappa shape index (κ3) is 4.65. The lowest BCUT2D eigenvalue weighted by Gasteiger charge is -2.11. The first-order valence-electron chi connectivity index (χ1n) is 4.85. The minimum absolute atomic E-state index is 0.209. The number of rotatable bonds is 6. The van der Waals surface area contributed by atoms with Gasteiger partial charge in [0.1, 0.15) is 0 Å². The van der Waals surface area contributed by atoms with Crippen LogP contribution in [0.4, 0.5) is 0 Å². The van der Waals surface area contributed by atoms with Gasteiger partial charge >= 0.3 is 0 Å². The molecule has 0 bridgehead atoms. The summed E-state index contributed by atoms with van der Waals surface area (Å²) in [7, 11) is 0. The number of hydrogen-bond acceptors (Lipinski definition) is 3. The van der Waals surface area contributed by atoms with E-state index in [0.29, 0.717) is 12.6 Å². The lowest BCUT2D eigenvalue weighted by Crippen LogP contribution is -2.30. The van der Waals surface area contributed by atoms with Crippen molar-refractivity contribution in [3.8, 4) is 0 Å². The van der Waals surface area contributed by atoms with Gasteiger partial charge in [0, 0.05) is 23.2 Å². The normalized spacial score (nSPS) is 12.7. The van der Waals surface area contributed by atoms with Crippen molar-refractivity contribution in [2.45, 2.75) is 17.9 Å². The summed E-state index contributed by atoms with van der Waals surface area (Å²) in [4.78, 5) is 1.30. The molecule has 0 aliphatic carbocycles. The molecule has 1 unspecified atom stereocenters. The average molecular weight is 211 g/mol. The number of aliphatic hydroxyl groups excluding tert-OH is 1. The Morgan fingerprint density at radius 2 is 2.07 bits per heavy atom. The summed E-state index contributed by atoms with van der Waals surface area (Å²) < 4.78 is 0. The Morgan fingerprint density at radius 1 is 1.36 bits per heavy atom. The fourth-order valence-electron chi connectivity index (χ4n) is 1.11. The van der Waals surface area contributed by atoms with E-state index in [4.69, 9.17) is 5.11 Å². The van der Waals surface area contributed by atoms with Crippen molar-refractivity contribution in [1.29, 1.82) is 0 Å². The third-order valence-corrected chi connectivity index (χ3v) is 3.12. The molecule has 14 heavy (non-hydrogen) atoms. The van der Waals surface area contributed by atoms with Crippen molar-refractivity contribution in [1.82, 2.24) is 5.32 Å². The Hall–Kier alpha value is -0.510. The molecule has 0 aliphatic rings. The summed E-state index contributed by atoms with van der Waals surface area (Å²) in [5.74, 6) is 1.03. The largest absolute Gasteiger partial charge is 0.395 e. The molecule has 1 atom stereocenters. The van der Waals surface area contributed by atoms with Gasteiger partial charge in [0.15, 0.2) is 0 Å². The summed E-state index contributed by atoms with van der Waals surface area (Å²) in [5, 5.41) is 11.9. The second kappa shape index (κ2) is 6.87. The van der Waals surface area contributed by atoms with E-state index < -0.39 is 0 Å². The summed E-state index contributed by atoms with van der Waals surface area (Å²) in [6.45, 7) is 3.02. The van der Waals surface area contributed by atoms with Gasteiger partial charge in [0.05, 0.1) is 6.61 Å². The zero-order chi connectivity index (χ0) is 10.2. The number of benzene rings is 1. The number of aliphatic hydroxyl groups is 1. The lowest BCUT2D eigenvalue weighted by atomic mass is 10.4. The molecule has 0 amide bonds. The van der Waals surface area contributed by atoms with Gasteiger partial charge in [-0.2, -0.15) is 0 Å². The molecule has 0 fully saturated rings. The first-order chi connectivity index (χ1) is 6.83. The maximum Gasteiger partial charge on any atom is 0.0556 e. The number of nitrogens with one attached hydrogen (secondary N) is 1. The van der Waals surface area contributed by atoms with Crippen LogP contribution in [0.1, 0.15) is 6.92 Å². The van der Waals surface area contributed by atoms with Crippen LogP contribution in [-0.4, -0.2) is 30.1 Å². The standard InChI is InChI=1S/C11H17NOS/c1-10(12-7-8-13)9-14-11-5-3-2-4-6-11/h2-6,10,12-13H,7-9H2,1H3. The van der Waals surface area contributed by atoms with Crippen LogP contribution in [0.3, 0.4) is 0 Å². The van der Waals surface area contributed by atoms with E-state index in [-0.39, 0.29) is 6.61 Å². The van der Waals surface area contributed by atoms with Crippen LogP contribution in [0.25, 0.3) is 0 Å². The van der Waals surface area contributed by atoms with Gasteiger partial charge in [-0.15, -0.1) is 11.8 Å². The number of thioether (sulfide) groups is 1. The van der Waals surface area contributed by atoms with E-state index in [9.17, 15) is 0 Å². The first kappa shape index (κ1) is 11.6. The van der Waals surface area contributed by atoms with Gasteiger partial charge in [0.25, 0.3) is 0 Å². The molecule has 1 rings (SSSR count). The molecule has 0 radical (unpaired) electrons. The SMILES string of the molecule is CC(CSc1ccccc1)NCCO. The molecule has 2 N–H and O–H groups in total. The Bertz CT molecular complexity index is 240. The molecule has 0 aromatic heterocycles. The van der Waals surface area contributed by atoms with Crippen LogP contribution in [-0.2, 0) is 0 Å². The van der Waals surface area contributed by atoms with Crippen LogP contribution in [0.2, 0.25) is 0 Å². The average Bonchev–Trinajstić information content (AvgIpc) is 2.25. The smallest absolute Gasteiger partial charge is 0.0556 e. The molecule has 1 aromatic carbocycles.